The van der Waals surface area contributed by atoms with E-state index >= 15 is 0 Å². The number of anilines is 2. The third-order valence-corrected chi connectivity index (χ3v) is 6.90. The lowest BCUT2D eigenvalue weighted by Gasteiger charge is -2.18. The zero-order valence-electron chi connectivity index (χ0n) is 17.5. The van der Waals surface area contributed by atoms with Crippen molar-refractivity contribution >= 4 is 58.2 Å². The van der Waals surface area contributed by atoms with Gasteiger partial charge < -0.3 is 5.32 Å². The molecule has 0 spiro atoms. The standard InChI is InChI=1S/C25H16Cl2FN3O2S/c26-16-6-11-21(27)15(12-16)13-22-24(33)31(19-4-2-1-3-5-19)25(34-22)20(14-29)23(32)30-18-9-7-17(28)8-10-18/h1-12,22H,13H2,(H,30,32)/b25-20+/t22-/m0/s1. The van der Waals surface area contributed by atoms with Crippen LogP contribution in [0.1, 0.15) is 5.56 Å². The Morgan fingerprint density at radius 2 is 1.79 bits per heavy atom. The van der Waals surface area contributed by atoms with Crippen LogP contribution in [0.2, 0.25) is 10.0 Å². The number of halogens is 3. The van der Waals surface area contributed by atoms with Gasteiger partial charge in [0.05, 0.1) is 5.25 Å². The predicted octanol–water partition coefficient (Wildman–Crippen LogP) is 6.20. The zero-order valence-corrected chi connectivity index (χ0v) is 19.8. The number of carbonyl (C=O) groups excluding carboxylic acids is 2. The normalized spacial score (nSPS) is 16.8. The summed E-state index contributed by atoms with van der Waals surface area (Å²) in [6, 6.07) is 20.9. The van der Waals surface area contributed by atoms with Crippen LogP contribution in [0, 0.1) is 17.1 Å². The molecule has 1 heterocycles. The van der Waals surface area contributed by atoms with Gasteiger partial charge in [-0.25, -0.2) is 4.39 Å². The van der Waals surface area contributed by atoms with Crippen LogP contribution < -0.4 is 10.2 Å². The van der Waals surface area contributed by atoms with Crippen LogP contribution in [0.25, 0.3) is 0 Å². The number of hydrogen-bond donors (Lipinski definition) is 1. The van der Waals surface area contributed by atoms with Crippen molar-refractivity contribution in [3.8, 4) is 6.07 Å². The van der Waals surface area contributed by atoms with Gasteiger partial charge in [-0.3, -0.25) is 14.5 Å². The minimum Gasteiger partial charge on any atom is -0.321 e. The highest BCUT2D eigenvalue weighted by Crippen LogP contribution is 2.42. The molecule has 34 heavy (non-hydrogen) atoms. The molecule has 0 saturated carbocycles. The van der Waals surface area contributed by atoms with Gasteiger partial charge in [-0.1, -0.05) is 53.2 Å². The lowest BCUT2D eigenvalue weighted by atomic mass is 10.1. The van der Waals surface area contributed by atoms with Crippen molar-refractivity contribution in [2.24, 2.45) is 0 Å². The molecule has 0 radical (unpaired) electrons. The van der Waals surface area contributed by atoms with Gasteiger partial charge in [-0.2, -0.15) is 5.26 Å². The first kappa shape index (κ1) is 23.8. The lowest BCUT2D eigenvalue weighted by Crippen LogP contribution is -2.30. The highest BCUT2D eigenvalue weighted by molar-refractivity contribution is 8.05. The molecule has 170 valence electrons. The summed E-state index contributed by atoms with van der Waals surface area (Å²) in [7, 11) is 0. The summed E-state index contributed by atoms with van der Waals surface area (Å²) >= 11 is 13.5. The third-order valence-electron chi connectivity index (χ3n) is 5.04. The molecular weight excluding hydrogens is 496 g/mol. The Morgan fingerprint density at radius 3 is 2.47 bits per heavy atom. The number of nitrogens with zero attached hydrogens (tertiary/aromatic N) is 2. The number of carbonyl (C=O) groups is 2. The van der Waals surface area contributed by atoms with Gasteiger partial charge in [0.15, 0.2) is 0 Å². The van der Waals surface area contributed by atoms with E-state index in [1.807, 2.05) is 6.07 Å². The maximum atomic E-state index is 13.5. The van der Waals surface area contributed by atoms with Gasteiger partial charge in [0.2, 0.25) is 5.91 Å². The Hall–Kier alpha value is -3.31. The van der Waals surface area contributed by atoms with Gasteiger partial charge in [0.25, 0.3) is 5.91 Å². The number of nitriles is 1. The van der Waals surface area contributed by atoms with E-state index in [9.17, 15) is 19.2 Å². The minimum atomic E-state index is -0.702. The Kier molecular flexibility index (Phi) is 7.23. The molecule has 0 unspecified atom stereocenters. The smallest absolute Gasteiger partial charge is 0.269 e. The van der Waals surface area contributed by atoms with Gasteiger partial charge >= 0.3 is 0 Å². The number of amides is 2. The fourth-order valence-corrected chi connectivity index (χ4v) is 5.11. The molecule has 1 aliphatic heterocycles. The van der Waals surface area contributed by atoms with Crippen molar-refractivity contribution in [2.75, 3.05) is 10.2 Å². The molecule has 5 nitrogen and oxygen atoms in total. The van der Waals surface area contributed by atoms with Crippen LogP contribution in [0.15, 0.2) is 83.4 Å². The number of nitrogens with one attached hydrogen (secondary N) is 1. The number of rotatable bonds is 5. The summed E-state index contributed by atoms with van der Waals surface area (Å²) < 4.78 is 13.2. The molecule has 3 aromatic carbocycles. The first-order chi connectivity index (χ1) is 16.4. The van der Waals surface area contributed by atoms with Crippen LogP contribution >= 0.6 is 35.0 Å². The van der Waals surface area contributed by atoms with Crippen LogP contribution in [-0.2, 0) is 16.0 Å². The topological polar surface area (TPSA) is 73.2 Å². The summed E-state index contributed by atoms with van der Waals surface area (Å²) in [5.41, 5.74) is 1.30. The van der Waals surface area contributed by atoms with Crippen molar-refractivity contribution in [3.63, 3.8) is 0 Å². The van der Waals surface area contributed by atoms with E-state index in [2.05, 4.69) is 5.32 Å². The molecule has 0 bridgehead atoms. The van der Waals surface area contributed by atoms with Crippen molar-refractivity contribution in [2.45, 2.75) is 11.7 Å². The molecule has 0 aromatic heterocycles. The van der Waals surface area contributed by atoms with Crippen molar-refractivity contribution in [1.29, 1.82) is 5.26 Å². The Bertz CT molecular complexity index is 1320. The van der Waals surface area contributed by atoms with Gasteiger partial charge in [-0.15, -0.1) is 0 Å². The zero-order chi connectivity index (χ0) is 24.2. The van der Waals surface area contributed by atoms with Crippen molar-refractivity contribution in [3.05, 3.63) is 105 Å². The molecule has 1 saturated heterocycles. The fourth-order valence-electron chi connectivity index (χ4n) is 3.43. The molecular formula is C25H16Cl2FN3O2S. The largest absolute Gasteiger partial charge is 0.321 e. The SMILES string of the molecule is N#C/C(C(=O)Nc1ccc(F)cc1)=C1\S[C@@H](Cc2cc(Cl)ccc2Cl)C(=O)N1c1ccccc1. The van der Waals surface area contributed by atoms with E-state index in [0.29, 0.717) is 27.0 Å². The molecule has 1 N–H and O–H groups in total. The third kappa shape index (κ3) is 5.10. The predicted molar refractivity (Wildman–Crippen MR) is 133 cm³/mol. The second kappa shape index (κ2) is 10.3. The van der Waals surface area contributed by atoms with Crippen LogP contribution in [0.3, 0.4) is 0 Å². The Balaban J connectivity index is 1.72. The minimum absolute atomic E-state index is 0.210. The summed E-state index contributed by atoms with van der Waals surface area (Å²) in [5, 5.41) is 13.0. The van der Waals surface area contributed by atoms with Crippen LogP contribution in [0.5, 0.6) is 0 Å². The number of hydrogen-bond acceptors (Lipinski definition) is 4. The van der Waals surface area contributed by atoms with Crippen molar-refractivity contribution < 1.29 is 14.0 Å². The fraction of sp³-hybridized carbons (Fsp3) is 0.0800. The maximum Gasteiger partial charge on any atom is 0.269 e. The second-order valence-electron chi connectivity index (χ2n) is 7.31. The molecule has 1 atom stereocenters. The van der Waals surface area contributed by atoms with Crippen molar-refractivity contribution in [1.82, 2.24) is 0 Å². The van der Waals surface area contributed by atoms with E-state index < -0.39 is 17.0 Å². The maximum absolute atomic E-state index is 13.5. The number of para-hydroxylation sites is 1. The second-order valence-corrected chi connectivity index (χ2v) is 9.34. The highest BCUT2D eigenvalue weighted by Gasteiger charge is 2.41. The van der Waals surface area contributed by atoms with Gasteiger partial charge in [0, 0.05) is 21.4 Å². The first-order valence-electron chi connectivity index (χ1n) is 10.1. The summed E-state index contributed by atoms with van der Waals surface area (Å²) in [5.74, 6) is -1.44. The molecule has 1 fully saturated rings. The molecule has 0 aliphatic carbocycles. The van der Waals surface area contributed by atoms with E-state index in [1.54, 1.807) is 48.5 Å². The van der Waals surface area contributed by atoms with E-state index in [1.165, 1.54) is 29.2 Å². The van der Waals surface area contributed by atoms with Gasteiger partial charge in [0.1, 0.15) is 22.5 Å². The average molecular weight is 512 g/mol. The summed E-state index contributed by atoms with van der Waals surface area (Å²) in [6.07, 6.45) is 0.258. The van der Waals surface area contributed by atoms with Crippen LogP contribution in [-0.4, -0.2) is 17.1 Å². The Morgan fingerprint density at radius 1 is 1.09 bits per heavy atom. The quantitative estimate of drug-likeness (QED) is 0.327. The van der Waals surface area contributed by atoms with Gasteiger partial charge in [-0.05, 0) is 66.6 Å². The van der Waals surface area contributed by atoms with E-state index in [4.69, 9.17) is 23.2 Å². The van der Waals surface area contributed by atoms with Crippen LogP contribution in [0.4, 0.5) is 15.8 Å². The van der Waals surface area contributed by atoms with E-state index in [-0.39, 0.29) is 22.9 Å². The Labute approximate surface area is 209 Å². The monoisotopic (exact) mass is 511 g/mol. The number of benzene rings is 3. The molecule has 3 aromatic rings. The average Bonchev–Trinajstić information content (AvgIpc) is 3.14. The molecule has 1 aliphatic rings. The number of thioether (sulfide) groups is 1. The van der Waals surface area contributed by atoms with E-state index in [0.717, 1.165) is 11.8 Å². The lowest BCUT2D eigenvalue weighted by molar-refractivity contribution is -0.117. The summed E-state index contributed by atoms with van der Waals surface area (Å²) in [4.78, 5) is 27.8. The molecule has 2 amide bonds. The first-order valence-corrected chi connectivity index (χ1v) is 11.7. The summed E-state index contributed by atoms with van der Waals surface area (Å²) in [6.45, 7) is 0. The highest BCUT2D eigenvalue weighted by atomic mass is 35.5. The molecule has 9 heteroatoms. The molecule has 4 rings (SSSR count).